The Morgan fingerprint density at radius 3 is 2.78 bits per heavy atom. The van der Waals surface area contributed by atoms with Crippen molar-refractivity contribution in [3.63, 3.8) is 0 Å². The normalized spacial score (nSPS) is 30.5. The highest BCUT2D eigenvalue weighted by Gasteiger charge is 2.44. The summed E-state index contributed by atoms with van der Waals surface area (Å²) in [5.74, 6) is 0.486. The van der Waals surface area contributed by atoms with Crippen molar-refractivity contribution in [2.24, 2.45) is 5.92 Å². The van der Waals surface area contributed by atoms with Crippen molar-refractivity contribution in [2.45, 2.75) is 37.9 Å². The summed E-state index contributed by atoms with van der Waals surface area (Å²) < 4.78 is 6.03. The predicted octanol–water partition coefficient (Wildman–Crippen LogP) is 0.652. The lowest BCUT2D eigenvalue weighted by atomic mass is 9.91. The topological polar surface area (TPSA) is 78.5 Å². The van der Waals surface area contributed by atoms with E-state index in [2.05, 4.69) is 10.2 Å². The van der Waals surface area contributed by atoms with Gasteiger partial charge < -0.3 is 14.5 Å². The van der Waals surface area contributed by atoms with E-state index < -0.39 is 0 Å². The van der Waals surface area contributed by atoms with Gasteiger partial charge in [0.25, 0.3) is 11.8 Å². The van der Waals surface area contributed by atoms with E-state index >= 15 is 0 Å². The van der Waals surface area contributed by atoms with Crippen LogP contribution in [0.3, 0.4) is 0 Å². The van der Waals surface area contributed by atoms with E-state index in [1.165, 1.54) is 0 Å². The van der Waals surface area contributed by atoms with E-state index in [-0.39, 0.29) is 24.0 Å². The standard InChI is InChI=1S/C16H22N4O3/c21-15(12-3-5-17-18-12)20-8-4-11-9-13(23-14(11)10-20)16(22)19-6-1-2-7-19/h3,5,11,13-14H,1-2,4,6-10H2,(H,17,18)/t11-,13?,14-/m0/s1. The number of piperidine rings is 1. The molecule has 1 aromatic rings. The molecular formula is C16H22N4O3. The van der Waals surface area contributed by atoms with Crippen molar-refractivity contribution in [2.75, 3.05) is 26.2 Å². The number of ether oxygens (including phenoxy) is 1. The zero-order valence-electron chi connectivity index (χ0n) is 13.1. The van der Waals surface area contributed by atoms with E-state index in [9.17, 15) is 9.59 Å². The number of hydrogen-bond acceptors (Lipinski definition) is 4. The zero-order chi connectivity index (χ0) is 15.8. The summed E-state index contributed by atoms with van der Waals surface area (Å²) in [6.07, 6.45) is 5.13. The lowest BCUT2D eigenvalue weighted by Gasteiger charge is -2.33. The number of rotatable bonds is 2. The molecule has 4 rings (SSSR count). The predicted molar refractivity (Wildman–Crippen MR) is 81.7 cm³/mol. The summed E-state index contributed by atoms with van der Waals surface area (Å²) in [5, 5.41) is 6.55. The Hall–Kier alpha value is -1.89. The molecule has 3 saturated heterocycles. The molecule has 3 fully saturated rings. The van der Waals surface area contributed by atoms with Crippen LogP contribution in [-0.4, -0.2) is 70.2 Å². The second kappa shape index (κ2) is 5.96. The first kappa shape index (κ1) is 14.7. The maximum absolute atomic E-state index is 12.5. The minimum Gasteiger partial charge on any atom is -0.363 e. The van der Waals surface area contributed by atoms with Crippen molar-refractivity contribution in [1.29, 1.82) is 0 Å². The van der Waals surface area contributed by atoms with Gasteiger partial charge in [0, 0.05) is 32.4 Å². The fraction of sp³-hybridized carbons (Fsp3) is 0.688. The quantitative estimate of drug-likeness (QED) is 0.868. The van der Waals surface area contributed by atoms with Crippen molar-refractivity contribution >= 4 is 11.8 Å². The third-order valence-corrected chi connectivity index (χ3v) is 5.26. The monoisotopic (exact) mass is 318 g/mol. The van der Waals surface area contributed by atoms with Crippen LogP contribution in [0.15, 0.2) is 12.3 Å². The largest absolute Gasteiger partial charge is 0.363 e. The molecule has 0 saturated carbocycles. The number of carbonyl (C=O) groups excluding carboxylic acids is 2. The Bertz CT molecular complexity index is 582. The SMILES string of the molecule is O=C(c1ccn[nH]1)N1CC[C@H]2CC(C(=O)N3CCCC3)O[C@H]2C1. The minimum atomic E-state index is -0.315. The molecule has 3 aliphatic heterocycles. The van der Waals surface area contributed by atoms with Crippen LogP contribution in [0.5, 0.6) is 0 Å². The first-order valence-electron chi connectivity index (χ1n) is 8.45. The summed E-state index contributed by atoms with van der Waals surface area (Å²) in [4.78, 5) is 28.6. The van der Waals surface area contributed by atoms with Crippen molar-refractivity contribution in [3.05, 3.63) is 18.0 Å². The van der Waals surface area contributed by atoms with Crippen LogP contribution in [-0.2, 0) is 9.53 Å². The lowest BCUT2D eigenvalue weighted by molar-refractivity contribution is -0.142. The fourth-order valence-electron chi connectivity index (χ4n) is 3.96. The highest BCUT2D eigenvalue weighted by molar-refractivity contribution is 5.92. The molecule has 1 unspecified atom stereocenters. The summed E-state index contributed by atoms with van der Waals surface area (Å²) in [6, 6.07) is 1.68. The lowest BCUT2D eigenvalue weighted by Crippen LogP contribution is -2.45. The Morgan fingerprint density at radius 1 is 1.22 bits per heavy atom. The zero-order valence-corrected chi connectivity index (χ0v) is 13.1. The Balaban J connectivity index is 1.38. The highest BCUT2D eigenvalue weighted by atomic mass is 16.5. The van der Waals surface area contributed by atoms with Crippen molar-refractivity contribution in [3.8, 4) is 0 Å². The van der Waals surface area contributed by atoms with Gasteiger partial charge >= 0.3 is 0 Å². The summed E-state index contributed by atoms with van der Waals surface area (Å²) in [6.45, 7) is 3.00. The van der Waals surface area contributed by atoms with Crippen LogP contribution in [0.4, 0.5) is 0 Å². The molecule has 2 amide bonds. The molecule has 0 aliphatic carbocycles. The van der Waals surface area contributed by atoms with E-state index in [1.807, 2.05) is 4.90 Å². The molecule has 3 aliphatic rings. The van der Waals surface area contributed by atoms with E-state index in [0.29, 0.717) is 24.7 Å². The van der Waals surface area contributed by atoms with Gasteiger partial charge in [0.15, 0.2) is 0 Å². The maximum Gasteiger partial charge on any atom is 0.271 e. The molecular weight excluding hydrogens is 296 g/mol. The van der Waals surface area contributed by atoms with Gasteiger partial charge in [0.2, 0.25) is 0 Å². The van der Waals surface area contributed by atoms with Crippen molar-refractivity contribution in [1.82, 2.24) is 20.0 Å². The number of H-pyrrole nitrogens is 1. The van der Waals surface area contributed by atoms with E-state index in [1.54, 1.807) is 17.2 Å². The van der Waals surface area contributed by atoms with E-state index in [0.717, 1.165) is 38.8 Å². The molecule has 0 bridgehead atoms. The molecule has 0 spiro atoms. The molecule has 4 heterocycles. The molecule has 1 aromatic heterocycles. The second-order valence-corrected chi connectivity index (χ2v) is 6.70. The number of nitrogens with zero attached hydrogens (tertiary/aromatic N) is 3. The van der Waals surface area contributed by atoms with Gasteiger partial charge in [-0.1, -0.05) is 0 Å². The molecule has 7 heteroatoms. The third-order valence-electron chi connectivity index (χ3n) is 5.26. The van der Waals surface area contributed by atoms with Crippen LogP contribution >= 0.6 is 0 Å². The number of aromatic nitrogens is 2. The average molecular weight is 318 g/mol. The van der Waals surface area contributed by atoms with Crippen LogP contribution in [0.25, 0.3) is 0 Å². The van der Waals surface area contributed by atoms with Gasteiger partial charge in [-0.15, -0.1) is 0 Å². The number of hydrogen-bond donors (Lipinski definition) is 1. The van der Waals surface area contributed by atoms with Gasteiger partial charge in [-0.05, 0) is 37.7 Å². The van der Waals surface area contributed by atoms with Gasteiger partial charge in [0.1, 0.15) is 11.8 Å². The number of likely N-dealkylation sites (tertiary alicyclic amines) is 2. The Morgan fingerprint density at radius 2 is 2.04 bits per heavy atom. The number of fused-ring (bicyclic) bond motifs is 1. The fourth-order valence-corrected chi connectivity index (χ4v) is 3.96. The number of aromatic amines is 1. The van der Waals surface area contributed by atoms with Gasteiger partial charge in [-0.2, -0.15) is 5.10 Å². The maximum atomic E-state index is 12.5. The number of carbonyl (C=O) groups is 2. The smallest absolute Gasteiger partial charge is 0.271 e. The Labute approximate surface area is 135 Å². The molecule has 124 valence electrons. The third kappa shape index (κ3) is 2.73. The minimum absolute atomic E-state index is 0.0211. The first-order chi connectivity index (χ1) is 11.2. The molecule has 1 N–H and O–H groups in total. The molecule has 7 nitrogen and oxygen atoms in total. The van der Waals surface area contributed by atoms with Crippen LogP contribution < -0.4 is 0 Å². The summed E-state index contributed by atoms with van der Waals surface area (Å²) >= 11 is 0. The van der Waals surface area contributed by atoms with E-state index in [4.69, 9.17) is 4.74 Å². The van der Waals surface area contributed by atoms with Gasteiger partial charge in [-0.25, -0.2) is 0 Å². The molecule has 0 radical (unpaired) electrons. The Kier molecular flexibility index (Phi) is 3.80. The van der Waals surface area contributed by atoms with Gasteiger partial charge in [0.05, 0.1) is 6.10 Å². The second-order valence-electron chi connectivity index (χ2n) is 6.70. The molecule has 0 aromatic carbocycles. The average Bonchev–Trinajstić information content (AvgIpc) is 3.33. The van der Waals surface area contributed by atoms with Crippen LogP contribution in [0.2, 0.25) is 0 Å². The number of amides is 2. The summed E-state index contributed by atoms with van der Waals surface area (Å²) in [5.41, 5.74) is 0.506. The van der Waals surface area contributed by atoms with Crippen LogP contribution in [0, 0.1) is 5.92 Å². The molecule has 3 atom stereocenters. The number of nitrogens with one attached hydrogen (secondary N) is 1. The first-order valence-corrected chi connectivity index (χ1v) is 8.45. The van der Waals surface area contributed by atoms with Crippen LogP contribution in [0.1, 0.15) is 36.2 Å². The summed E-state index contributed by atoms with van der Waals surface area (Å²) in [7, 11) is 0. The molecule has 23 heavy (non-hydrogen) atoms. The van der Waals surface area contributed by atoms with Gasteiger partial charge in [-0.3, -0.25) is 14.7 Å². The van der Waals surface area contributed by atoms with Crippen molar-refractivity contribution < 1.29 is 14.3 Å². The highest BCUT2D eigenvalue weighted by Crippen LogP contribution is 2.34.